The summed E-state index contributed by atoms with van der Waals surface area (Å²) in [6, 6.07) is 1.97. The predicted octanol–water partition coefficient (Wildman–Crippen LogP) is 3.32. The third kappa shape index (κ3) is 3.47. The second kappa shape index (κ2) is 5.49. The largest absolute Gasteiger partial charge is 0.379 e. The minimum absolute atomic E-state index is 0.0823. The molecule has 0 amide bonds. The first-order valence-electron chi connectivity index (χ1n) is 7.18. The van der Waals surface area contributed by atoms with Crippen LogP contribution in [0.2, 0.25) is 0 Å². The van der Waals surface area contributed by atoms with E-state index in [1.807, 2.05) is 12.3 Å². The number of ether oxygens (including phenoxy) is 1. The number of Topliss-reactive ketones (excluding diaryl/α,β-unsaturated/α-hetero) is 1. The molecule has 0 aliphatic heterocycles. The number of carbonyl (C=O) groups excluding carboxylic acids is 1. The van der Waals surface area contributed by atoms with Crippen LogP contribution in [0, 0.1) is 11.3 Å². The van der Waals surface area contributed by atoms with Gasteiger partial charge in [-0.1, -0.05) is 27.7 Å². The van der Waals surface area contributed by atoms with E-state index >= 15 is 0 Å². The summed E-state index contributed by atoms with van der Waals surface area (Å²) in [5, 5.41) is 0. The van der Waals surface area contributed by atoms with Gasteiger partial charge in [0.15, 0.2) is 5.78 Å². The van der Waals surface area contributed by atoms with Gasteiger partial charge >= 0.3 is 0 Å². The van der Waals surface area contributed by atoms with Crippen LogP contribution in [0.3, 0.4) is 0 Å². The van der Waals surface area contributed by atoms with E-state index in [1.165, 1.54) is 5.69 Å². The van der Waals surface area contributed by atoms with Crippen molar-refractivity contribution in [1.29, 1.82) is 0 Å². The Morgan fingerprint density at radius 1 is 1.37 bits per heavy atom. The molecule has 0 spiro atoms. The highest BCUT2D eigenvalue weighted by Crippen LogP contribution is 2.35. The SMILES string of the molecule is CC(C)COCCn1ccc2c1CC(C)(C)CC2=O. The number of aromatic nitrogens is 1. The normalized spacial score (nSPS) is 17.8. The highest BCUT2D eigenvalue weighted by atomic mass is 16.5. The first kappa shape index (κ1) is 14.3. The van der Waals surface area contributed by atoms with Crippen molar-refractivity contribution in [2.75, 3.05) is 13.2 Å². The average molecular weight is 263 g/mol. The summed E-state index contributed by atoms with van der Waals surface area (Å²) in [4.78, 5) is 12.1. The molecule has 0 N–H and O–H groups in total. The fourth-order valence-electron chi connectivity index (χ4n) is 2.69. The second-order valence-electron chi connectivity index (χ2n) is 6.78. The first-order valence-corrected chi connectivity index (χ1v) is 7.18. The fraction of sp³-hybridized carbons (Fsp3) is 0.688. The molecule has 0 unspecified atom stereocenters. The summed E-state index contributed by atoms with van der Waals surface area (Å²) in [5.74, 6) is 0.854. The zero-order chi connectivity index (χ0) is 14.0. The van der Waals surface area contributed by atoms with Crippen LogP contribution in [0.4, 0.5) is 0 Å². The summed E-state index contributed by atoms with van der Waals surface area (Å²) in [5.41, 5.74) is 2.19. The Kier molecular flexibility index (Phi) is 4.14. The molecule has 0 saturated heterocycles. The van der Waals surface area contributed by atoms with E-state index in [-0.39, 0.29) is 11.2 Å². The van der Waals surface area contributed by atoms with Crippen molar-refractivity contribution in [1.82, 2.24) is 4.57 Å². The van der Waals surface area contributed by atoms with E-state index in [1.54, 1.807) is 0 Å². The van der Waals surface area contributed by atoms with E-state index in [0.717, 1.165) is 25.1 Å². The van der Waals surface area contributed by atoms with Gasteiger partial charge in [0, 0.05) is 37.0 Å². The Labute approximate surface area is 115 Å². The summed E-state index contributed by atoms with van der Waals surface area (Å²) < 4.78 is 7.82. The topological polar surface area (TPSA) is 31.2 Å². The molecule has 2 rings (SSSR count). The standard InChI is InChI=1S/C16H25NO2/c1-12(2)11-19-8-7-17-6-5-13-14(17)9-16(3,4)10-15(13)18/h5-6,12H,7-11H2,1-4H3. The molecule has 0 aromatic carbocycles. The van der Waals surface area contributed by atoms with Crippen LogP contribution in [0.25, 0.3) is 0 Å². The Balaban J connectivity index is 2.02. The molecule has 0 radical (unpaired) electrons. The molecule has 0 fully saturated rings. The maximum absolute atomic E-state index is 12.1. The zero-order valence-corrected chi connectivity index (χ0v) is 12.5. The molecule has 1 aromatic heterocycles. The molecule has 1 aliphatic carbocycles. The Bertz CT molecular complexity index is 457. The van der Waals surface area contributed by atoms with E-state index in [4.69, 9.17) is 4.74 Å². The highest BCUT2D eigenvalue weighted by molar-refractivity contribution is 5.98. The van der Waals surface area contributed by atoms with Crippen molar-refractivity contribution in [3.8, 4) is 0 Å². The van der Waals surface area contributed by atoms with Crippen molar-refractivity contribution in [3.63, 3.8) is 0 Å². The van der Waals surface area contributed by atoms with Crippen molar-refractivity contribution in [2.45, 2.75) is 47.1 Å². The fourth-order valence-corrected chi connectivity index (χ4v) is 2.69. The van der Waals surface area contributed by atoms with Crippen LogP contribution in [-0.2, 0) is 17.7 Å². The quantitative estimate of drug-likeness (QED) is 0.763. The van der Waals surface area contributed by atoms with Crippen molar-refractivity contribution >= 4 is 5.78 Å². The molecule has 0 bridgehead atoms. The van der Waals surface area contributed by atoms with E-state index in [2.05, 4.69) is 32.3 Å². The summed E-state index contributed by atoms with van der Waals surface area (Å²) in [6.07, 6.45) is 3.67. The second-order valence-corrected chi connectivity index (χ2v) is 6.78. The molecule has 1 aliphatic rings. The molecular weight excluding hydrogens is 238 g/mol. The van der Waals surface area contributed by atoms with Gasteiger partial charge in [0.25, 0.3) is 0 Å². The van der Waals surface area contributed by atoms with Crippen molar-refractivity contribution < 1.29 is 9.53 Å². The highest BCUT2D eigenvalue weighted by Gasteiger charge is 2.32. The third-order valence-electron chi connectivity index (χ3n) is 3.59. The van der Waals surface area contributed by atoms with E-state index in [9.17, 15) is 4.79 Å². The summed E-state index contributed by atoms with van der Waals surface area (Å²) in [7, 11) is 0. The summed E-state index contributed by atoms with van der Waals surface area (Å²) in [6.45, 7) is 11.0. The smallest absolute Gasteiger partial charge is 0.165 e. The van der Waals surface area contributed by atoms with Gasteiger partial charge < -0.3 is 9.30 Å². The lowest BCUT2D eigenvalue weighted by atomic mass is 9.76. The Hall–Kier alpha value is -1.09. The van der Waals surface area contributed by atoms with Crippen LogP contribution in [0.1, 0.15) is 50.2 Å². The average Bonchev–Trinajstić information content (AvgIpc) is 2.66. The van der Waals surface area contributed by atoms with Gasteiger partial charge in [0.2, 0.25) is 0 Å². The number of fused-ring (bicyclic) bond motifs is 1. The third-order valence-corrected chi connectivity index (χ3v) is 3.59. The van der Waals surface area contributed by atoms with Crippen LogP contribution < -0.4 is 0 Å². The van der Waals surface area contributed by atoms with Gasteiger partial charge in [-0.3, -0.25) is 4.79 Å². The number of nitrogens with zero attached hydrogens (tertiary/aromatic N) is 1. The Morgan fingerprint density at radius 2 is 2.11 bits per heavy atom. The maximum atomic E-state index is 12.1. The first-order chi connectivity index (χ1) is 8.89. The number of hydrogen-bond acceptors (Lipinski definition) is 2. The molecule has 0 atom stereocenters. The minimum Gasteiger partial charge on any atom is -0.379 e. The Morgan fingerprint density at radius 3 is 2.79 bits per heavy atom. The number of rotatable bonds is 5. The lowest BCUT2D eigenvalue weighted by Gasteiger charge is -2.29. The van der Waals surface area contributed by atoms with Crippen molar-refractivity contribution in [3.05, 3.63) is 23.5 Å². The van der Waals surface area contributed by atoms with Crippen LogP contribution in [-0.4, -0.2) is 23.6 Å². The van der Waals surface area contributed by atoms with Crippen molar-refractivity contribution in [2.24, 2.45) is 11.3 Å². The summed E-state index contributed by atoms with van der Waals surface area (Å²) >= 11 is 0. The number of hydrogen-bond donors (Lipinski definition) is 0. The van der Waals surface area contributed by atoms with E-state index in [0.29, 0.717) is 18.9 Å². The maximum Gasteiger partial charge on any atom is 0.165 e. The molecular formula is C16H25NO2. The van der Waals surface area contributed by atoms with Gasteiger partial charge in [-0.15, -0.1) is 0 Å². The monoisotopic (exact) mass is 263 g/mol. The zero-order valence-electron chi connectivity index (χ0n) is 12.5. The van der Waals surface area contributed by atoms with Crippen LogP contribution in [0.15, 0.2) is 12.3 Å². The molecule has 1 heterocycles. The predicted molar refractivity (Wildman–Crippen MR) is 76.5 cm³/mol. The number of ketones is 1. The molecule has 1 aromatic rings. The van der Waals surface area contributed by atoms with Crippen LogP contribution in [0.5, 0.6) is 0 Å². The van der Waals surface area contributed by atoms with Gasteiger partial charge in [-0.05, 0) is 23.8 Å². The van der Waals surface area contributed by atoms with Gasteiger partial charge in [-0.25, -0.2) is 0 Å². The molecule has 3 nitrogen and oxygen atoms in total. The van der Waals surface area contributed by atoms with Gasteiger partial charge in [0.05, 0.1) is 6.61 Å². The van der Waals surface area contributed by atoms with E-state index < -0.39 is 0 Å². The number of carbonyl (C=O) groups is 1. The molecule has 106 valence electrons. The minimum atomic E-state index is 0.0823. The molecule has 19 heavy (non-hydrogen) atoms. The molecule has 3 heteroatoms. The van der Waals surface area contributed by atoms with Gasteiger partial charge in [0.1, 0.15) is 0 Å². The lowest BCUT2D eigenvalue weighted by Crippen LogP contribution is -2.28. The lowest BCUT2D eigenvalue weighted by molar-refractivity contribution is 0.0901. The molecule has 0 saturated carbocycles. The van der Waals surface area contributed by atoms with Gasteiger partial charge in [-0.2, -0.15) is 0 Å². The van der Waals surface area contributed by atoms with Crippen LogP contribution >= 0.6 is 0 Å².